The zero-order valence-corrected chi connectivity index (χ0v) is 12.1. The Bertz CT molecular complexity index is 388. The second-order valence-electron chi connectivity index (χ2n) is 4.66. The van der Waals surface area contributed by atoms with Crippen LogP contribution in [0.1, 0.15) is 26.3 Å². The molecule has 2 nitrogen and oxygen atoms in total. The topological polar surface area (TPSA) is 21.3 Å². The monoisotopic (exact) mass is 267 g/mol. The average Bonchev–Trinajstić information content (AvgIpc) is 2.31. The standard InChI is InChI=1S/C15H22ClNO/c1-4-5-8-18-15-7-6-14(16)9-13(15)11-17-10-12(2)3/h4-7,9,12,17H,8,10-11H2,1-3H3. The quantitative estimate of drug-likeness (QED) is 0.753. The Morgan fingerprint density at radius 2 is 2.17 bits per heavy atom. The van der Waals surface area contributed by atoms with Gasteiger partial charge < -0.3 is 10.1 Å². The minimum Gasteiger partial charge on any atom is -0.489 e. The molecule has 1 N–H and O–H groups in total. The molecule has 0 unspecified atom stereocenters. The van der Waals surface area contributed by atoms with Gasteiger partial charge in [0.05, 0.1) is 0 Å². The molecule has 0 spiro atoms. The molecule has 1 aromatic carbocycles. The molecule has 0 radical (unpaired) electrons. The Morgan fingerprint density at radius 1 is 1.39 bits per heavy atom. The fourth-order valence-electron chi connectivity index (χ4n) is 1.56. The van der Waals surface area contributed by atoms with Gasteiger partial charge in [-0.25, -0.2) is 0 Å². The SMILES string of the molecule is CC=CCOc1ccc(Cl)cc1CNCC(C)C. The molecular formula is C15H22ClNO. The third-order valence-electron chi connectivity index (χ3n) is 2.46. The molecule has 0 aromatic heterocycles. The van der Waals surface area contributed by atoms with Gasteiger partial charge in [-0.05, 0) is 37.6 Å². The number of ether oxygens (including phenoxy) is 1. The van der Waals surface area contributed by atoms with E-state index in [2.05, 4.69) is 19.2 Å². The van der Waals surface area contributed by atoms with Gasteiger partial charge in [0.15, 0.2) is 0 Å². The van der Waals surface area contributed by atoms with Crippen LogP contribution in [0.15, 0.2) is 30.4 Å². The minimum atomic E-state index is 0.593. The molecule has 0 saturated carbocycles. The molecule has 1 rings (SSSR count). The molecular weight excluding hydrogens is 246 g/mol. The van der Waals surface area contributed by atoms with Crippen molar-refractivity contribution < 1.29 is 4.74 Å². The second kappa shape index (κ2) is 8.17. The summed E-state index contributed by atoms with van der Waals surface area (Å²) in [6.07, 6.45) is 3.96. The molecule has 0 saturated heterocycles. The number of hydrogen-bond donors (Lipinski definition) is 1. The maximum Gasteiger partial charge on any atom is 0.124 e. The molecule has 0 fully saturated rings. The van der Waals surface area contributed by atoms with E-state index in [1.807, 2.05) is 37.3 Å². The van der Waals surface area contributed by atoms with Gasteiger partial charge in [0, 0.05) is 17.1 Å². The van der Waals surface area contributed by atoms with Gasteiger partial charge in [0.25, 0.3) is 0 Å². The Balaban J connectivity index is 2.64. The predicted octanol–water partition coefficient (Wildman–Crippen LogP) is 4.04. The smallest absolute Gasteiger partial charge is 0.124 e. The highest BCUT2D eigenvalue weighted by Crippen LogP contribution is 2.23. The van der Waals surface area contributed by atoms with Crippen molar-refractivity contribution in [3.8, 4) is 5.75 Å². The van der Waals surface area contributed by atoms with Crippen molar-refractivity contribution >= 4 is 11.6 Å². The van der Waals surface area contributed by atoms with Crippen LogP contribution in [0.4, 0.5) is 0 Å². The van der Waals surface area contributed by atoms with E-state index in [1.165, 1.54) is 0 Å². The normalized spacial score (nSPS) is 11.4. The number of rotatable bonds is 7. The molecule has 100 valence electrons. The van der Waals surface area contributed by atoms with Crippen LogP contribution in [0.3, 0.4) is 0 Å². The van der Waals surface area contributed by atoms with Crippen molar-refractivity contribution in [1.82, 2.24) is 5.32 Å². The number of halogens is 1. The fraction of sp³-hybridized carbons (Fsp3) is 0.467. The summed E-state index contributed by atoms with van der Waals surface area (Å²) in [4.78, 5) is 0. The molecule has 0 amide bonds. The first kappa shape index (κ1) is 15.1. The first-order chi connectivity index (χ1) is 8.63. The molecule has 3 heteroatoms. The number of benzene rings is 1. The van der Waals surface area contributed by atoms with Crippen LogP contribution in [-0.4, -0.2) is 13.2 Å². The number of nitrogens with one attached hydrogen (secondary N) is 1. The highest BCUT2D eigenvalue weighted by molar-refractivity contribution is 6.30. The summed E-state index contributed by atoms with van der Waals surface area (Å²) in [7, 11) is 0. The van der Waals surface area contributed by atoms with Crippen LogP contribution in [0, 0.1) is 5.92 Å². The molecule has 0 aliphatic rings. The van der Waals surface area contributed by atoms with Gasteiger partial charge in [-0.3, -0.25) is 0 Å². The largest absolute Gasteiger partial charge is 0.489 e. The second-order valence-corrected chi connectivity index (χ2v) is 5.09. The molecule has 1 aromatic rings. The minimum absolute atomic E-state index is 0.593. The summed E-state index contributed by atoms with van der Waals surface area (Å²) in [5, 5.41) is 4.15. The van der Waals surface area contributed by atoms with Crippen molar-refractivity contribution in [1.29, 1.82) is 0 Å². The van der Waals surface area contributed by atoms with Gasteiger partial charge in [-0.1, -0.05) is 37.6 Å². The number of hydrogen-bond acceptors (Lipinski definition) is 2. The molecule has 0 heterocycles. The molecule has 0 bridgehead atoms. The van der Waals surface area contributed by atoms with E-state index in [0.29, 0.717) is 12.5 Å². The van der Waals surface area contributed by atoms with Crippen LogP contribution in [-0.2, 0) is 6.54 Å². The van der Waals surface area contributed by atoms with Crippen molar-refractivity contribution in [2.45, 2.75) is 27.3 Å². The Kier molecular flexibility index (Phi) is 6.84. The summed E-state index contributed by atoms with van der Waals surface area (Å²) in [6, 6.07) is 5.75. The van der Waals surface area contributed by atoms with Crippen molar-refractivity contribution in [3.63, 3.8) is 0 Å². The highest BCUT2D eigenvalue weighted by Gasteiger charge is 2.04. The third kappa shape index (κ3) is 5.56. The predicted molar refractivity (Wildman–Crippen MR) is 78.3 cm³/mol. The van der Waals surface area contributed by atoms with Gasteiger partial charge in [-0.2, -0.15) is 0 Å². The molecule has 0 aliphatic carbocycles. The first-order valence-electron chi connectivity index (χ1n) is 6.36. The van der Waals surface area contributed by atoms with Crippen LogP contribution in [0.25, 0.3) is 0 Å². The summed E-state index contributed by atoms with van der Waals surface area (Å²) in [5.74, 6) is 1.53. The Morgan fingerprint density at radius 3 is 2.83 bits per heavy atom. The van der Waals surface area contributed by atoms with E-state index in [4.69, 9.17) is 16.3 Å². The van der Waals surface area contributed by atoms with E-state index < -0.39 is 0 Å². The van der Waals surface area contributed by atoms with Crippen LogP contribution < -0.4 is 10.1 Å². The highest BCUT2D eigenvalue weighted by atomic mass is 35.5. The Labute approximate surface area is 115 Å². The lowest BCUT2D eigenvalue weighted by Crippen LogP contribution is -2.19. The average molecular weight is 268 g/mol. The summed E-state index contributed by atoms with van der Waals surface area (Å²) >= 11 is 6.02. The summed E-state index contributed by atoms with van der Waals surface area (Å²) < 4.78 is 5.70. The maximum absolute atomic E-state index is 6.02. The zero-order valence-electron chi connectivity index (χ0n) is 11.4. The van der Waals surface area contributed by atoms with Gasteiger partial charge in [0.2, 0.25) is 0 Å². The van der Waals surface area contributed by atoms with E-state index in [0.717, 1.165) is 29.4 Å². The van der Waals surface area contributed by atoms with Gasteiger partial charge in [-0.15, -0.1) is 0 Å². The van der Waals surface area contributed by atoms with Crippen LogP contribution >= 0.6 is 11.6 Å². The summed E-state index contributed by atoms with van der Waals surface area (Å²) in [5.41, 5.74) is 1.10. The van der Waals surface area contributed by atoms with E-state index in [-0.39, 0.29) is 0 Å². The lowest BCUT2D eigenvalue weighted by Gasteiger charge is -2.12. The Hall–Kier alpha value is -0.990. The van der Waals surface area contributed by atoms with E-state index in [1.54, 1.807) is 0 Å². The van der Waals surface area contributed by atoms with Crippen molar-refractivity contribution in [2.75, 3.05) is 13.2 Å². The van der Waals surface area contributed by atoms with E-state index >= 15 is 0 Å². The van der Waals surface area contributed by atoms with Crippen LogP contribution in [0.5, 0.6) is 5.75 Å². The lowest BCUT2D eigenvalue weighted by atomic mass is 10.2. The van der Waals surface area contributed by atoms with Crippen molar-refractivity contribution in [3.05, 3.63) is 40.9 Å². The van der Waals surface area contributed by atoms with Crippen molar-refractivity contribution in [2.24, 2.45) is 5.92 Å². The molecule has 0 aliphatic heterocycles. The number of allylic oxidation sites excluding steroid dienone is 1. The first-order valence-corrected chi connectivity index (χ1v) is 6.74. The van der Waals surface area contributed by atoms with Gasteiger partial charge >= 0.3 is 0 Å². The molecule has 0 atom stereocenters. The lowest BCUT2D eigenvalue weighted by molar-refractivity contribution is 0.357. The van der Waals surface area contributed by atoms with Gasteiger partial charge in [0.1, 0.15) is 12.4 Å². The maximum atomic E-state index is 6.02. The fourth-order valence-corrected chi connectivity index (χ4v) is 1.75. The third-order valence-corrected chi connectivity index (χ3v) is 2.70. The van der Waals surface area contributed by atoms with E-state index in [9.17, 15) is 0 Å². The zero-order chi connectivity index (χ0) is 13.4. The van der Waals surface area contributed by atoms with Crippen LogP contribution in [0.2, 0.25) is 5.02 Å². The molecule has 18 heavy (non-hydrogen) atoms. The summed E-state index contributed by atoms with van der Waals surface area (Å²) in [6.45, 7) is 8.72.